The molecule has 1 aromatic rings. The maximum atomic E-state index is 10.7. The molecular weight excluding hydrogens is 214 g/mol. The molecule has 7 nitrogen and oxygen atoms in total. The number of nitro groups is 1. The predicted octanol–water partition coefficient (Wildman–Crippen LogP) is 1.68. The lowest BCUT2D eigenvalue weighted by atomic mass is 10.2. The van der Waals surface area contributed by atoms with Crippen LogP contribution in [-0.4, -0.2) is 25.8 Å². The third-order valence-corrected chi connectivity index (χ3v) is 2.13. The van der Waals surface area contributed by atoms with E-state index in [1.165, 1.54) is 10.9 Å². The van der Waals surface area contributed by atoms with E-state index in [1.807, 2.05) is 6.92 Å². The lowest BCUT2D eigenvalue weighted by Gasteiger charge is -1.97. The minimum atomic E-state index is -1.37. The minimum Gasteiger partial charge on any atom is -0.476 e. The van der Waals surface area contributed by atoms with E-state index in [4.69, 9.17) is 5.11 Å². The van der Waals surface area contributed by atoms with Crippen molar-refractivity contribution in [2.24, 2.45) is 0 Å². The Balaban J connectivity index is 2.84. The summed E-state index contributed by atoms with van der Waals surface area (Å²) in [6, 6.07) is 0. The van der Waals surface area contributed by atoms with Crippen molar-refractivity contribution < 1.29 is 14.8 Å². The van der Waals surface area contributed by atoms with Gasteiger partial charge in [-0.25, -0.2) is 4.79 Å². The molecule has 1 rings (SSSR count). The van der Waals surface area contributed by atoms with Crippen LogP contribution in [0, 0.1) is 10.1 Å². The number of aromatic nitrogens is 2. The summed E-state index contributed by atoms with van der Waals surface area (Å²) in [5.41, 5.74) is -0.953. The van der Waals surface area contributed by atoms with Crippen LogP contribution >= 0.6 is 0 Å². The number of rotatable bonds is 6. The number of nitrogens with zero attached hydrogens (tertiary/aromatic N) is 3. The molecule has 0 saturated heterocycles. The second kappa shape index (κ2) is 5.24. The van der Waals surface area contributed by atoms with E-state index in [2.05, 4.69) is 5.10 Å². The van der Waals surface area contributed by atoms with Gasteiger partial charge in [-0.3, -0.25) is 14.8 Å². The highest BCUT2D eigenvalue weighted by Gasteiger charge is 2.24. The summed E-state index contributed by atoms with van der Waals surface area (Å²) in [6.45, 7) is 2.54. The number of aryl methyl sites for hydroxylation is 1. The van der Waals surface area contributed by atoms with Crippen molar-refractivity contribution in [3.05, 3.63) is 22.0 Å². The molecular formula is C9H13N3O4. The van der Waals surface area contributed by atoms with Crippen LogP contribution in [0.2, 0.25) is 0 Å². The Bertz CT molecular complexity index is 368. The zero-order chi connectivity index (χ0) is 12.1. The van der Waals surface area contributed by atoms with Gasteiger partial charge in [-0.2, -0.15) is 5.10 Å². The summed E-state index contributed by atoms with van der Waals surface area (Å²) in [5, 5.41) is 23.0. The van der Waals surface area contributed by atoms with Crippen LogP contribution < -0.4 is 0 Å². The summed E-state index contributed by atoms with van der Waals surface area (Å²) in [6.07, 6.45) is 4.00. The Labute approximate surface area is 91.8 Å². The molecule has 0 radical (unpaired) electrons. The van der Waals surface area contributed by atoms with Crippen LogP contribution in [0.5, 0.6) is 0 Å². The largest absolute Gasteiger partial charge is 0.476 e. The van der Waals surface area contributed by atoms with Gasteiger partial charge in [-0.15, -0.1) is 0 Å². The lowest BCUT2D eigenvalue weighted by molar-refractivity contribution is -0.385. The van der Waals surface area contributed by atoms with Gasteiger partial charge in [0.2, 0.25) is 5.69 Å². The molecule has 0 bridgehead atoms. The third kappa shape index (κ3) is 2.78. The average Bonchev–Trinajstić information content (AvgIpc) is 2.62. The molecule has 1 heterocycles. The highest BCUT2D eigenvalue weighted by molar-refractivity contribution is 5.89. The Hall–Kier alpha value is -1.92. The van der Waals surface area contributed by atoms with Crippen LogP contribution in [0.3, 0.4) is 0 Å². The molecule has 0 aromatic carbocycles. The first-order valence-electron chi connectivity index (χ1n) is 5.01. The van der Waals surface area contributed by atoms with E-state index < -0.39 is 22.3 Å². The fraction of sp³-hybridized carbons (Fsp3) is 0.556. The van der Waals surface area contributed by atoms with E-state index in [9.17, 15) is 14.9 Å². The first-order chi connectivity index (χ1) is 7.56. The number of aromatic carboxylic acids is 1. The van der Waals surface area contributed by atoms with Crippen molar-refractivity contribution in [1.29, 1.82) is 0 Å². The molecule has 1 aromatic heterocycles. The second-order valence-electron chi connectivity index (χ2n) is 3.40. The molecule has 0 aliphatic carbocycles. The van der Waals surface area contributed by atoms with E-state index in [-0.39, 0.29) is 0 Å². The first kappa shape index (κ1) is 12.2. The van der Waals surface area contributed by atoms with Gasteiger partial charge < -0.3 is 5.11 Å². The molecule has 7 heteroatoms. The standard InChI is InChI=1S/C9H13N3O4/c1-2-3-4-5-11-6-7(12(15)16)8(10-11)9(13)14/h6H,2-5H2,1H3,(H,13,14). The highest BCUT2D eigenvalue weighted by atomic mass is 16.6. The van der Waals surface area contributed by atoms with Crippen molar-refractivity contribution in [3.8, 4) is 0 Å². The van der Waals surface area contributed by atoms with Crippen LogP contribution in [0.25, 0.3) is 0 Å². The monoisotopic (exact) mass is 227 g/mol. The summed E-state index contributed by atoms with van der Waals surface area (Å²) >= 11 is 0. The fourth-order valence-corrected chi connectivity index (χ4v) is 1.34. The van der Waals surface area contributed by atoms with Gasteiger partial charge in [0.15, 0.2) is 0 Å². The molecule has 0 saturated carbocycles. The van der Waals surface area contributed by atoms with E-state index in [0.29, 0.717) is 6.54 Å². The van der Waals surface area contributed by atoms with Crippen LogP contribution in [0.4, 0.5) is 5.69 Å². The number of carbonyl (C=O) groups is 1. The molecule has 0 atom stereocenters. The molecule has 0 spiro atoms. The van der Waals surface area contributed by atoms with Crippen molar-refractivity contribution in [2.75, 3.05) is 0 Å². The number of hydrogen-bond acceptors (Lipinski definition) is 4. The quantitative estimate of drug-likeness (QED) is 0.453. The molecule has 0 fully saturated rings. The van der Waals surface area contributed by atoms with Crippen molar-refractivity contribution in [3.63, 3.8) is 0 Å². The van der Waals surface area contributed by atoms with E-state index in [1.54, 1.807) is 0 Å². The fourth-order valence-electron chi connectivity index (χ4n) is 1.34. The maximum Gasteiger partial charge on any atom is 0.363 e. The van der Waals surface area contributed by atoms with Crippen LogP contribution in [0.1, 0.15) is 36.7 Å². The summed E-state index contributed by atoms with van der Waals surface area (Å²) in [4.78, 5) is 20.5. The van der Waals surface area contributed by atoms with Gasteiger partial charge in [0, 0.05) is 6.54 Å². The zero-order valence-electron chi connectivity index (χ0n) is 8.92. The van der Waals surface area contributed by atoms with E-state index >= 15 is 0 Å². The predicted molar refractivity (Wildman–Crippen MR) is 55.4 cm³/mol. The number of carboxylic acid groups (broad SMARTS) is 1. The molecule has 0 aliphatic heterocycles. The Morgan fingerprint density at radius 3 is 2.75 bits per heavy atom. The number of unbranched alkanes of at least 4 members (excludes halogenated alkanes) is 2. The first-order valence-corrected chi connectivity index (χ1v) is 5.01. The minimum absolute atomic E-state index is 0.455. The van der Waals surface area contributed by atoms with Gasteiger partial charge in [0.1, 0.15) is 6.20 Å². The Morgan fingerprint density at radius 2 is 2.31 bits per heavy atom. The normalized spacial score (nSPS) is 10.3. The molecule has 16 heavy (non-hydrogen) atoms. The molecule has 88 valence electrons. The molecule has 1 N–H and O–H groups in total. The highest BCUT2D eigenvalue weighted by Crippen LogP contribution is 2.16. The Morgan fingerprint density at radius 1 is 1.62 bits per heavy atom. The average molecular weight is 227 g/mol. The molecule has 0 unspecified atom stereocenters. The molecule has 0 amide bonds. The van der Waals surface area contributed by atoms with Gasteiger partial charge in [-0.1, -0.05) is 19.8 Å². The second-order valence-corrected chi connectivity index (χ2v) is 3.40. The lowest BCUT2D eigenvalue weighted by Crippen LogP contribution is -2.03. The van der Waals surface area contributed by atoms with Crippen molar-refractivity contribution in [2.45, 2.75) is 32.7 Å². The third-order valence-electron chi connectivity index (χ3n) is 2.13. The molecule has 0 aliphatic rings. The van der Waals surface area contributed by atoms with Gasteiger partial charge in [-0.05, 0) is 6.42 Å². The summed E-state index contributed by atoms with van der Waals surface area (Å²) < 4.78 is 1.32. The SMILES string of the molecule is CCCCCn1cc([N+](=O)[O-])c(C(=O)O)n1. The van der Waals surface area contributed by atoms with E-state index in [0.717, 1.165) is 19.3 Å². The van der Waals surface area contributed by atoms with Crippen molar-refractivity contribution in [1.82, 2.24) is 9.78 Å². The van der Waals surface area contributed by atoms with Crippen LogP contribution in [0.15, 0.2) is 6.20 Å². The maximum absolute atomic E-state index is 10.7. The summed E-state index contributed by atoms with van der Waals surface area (Å²) in [7, 11) is 0. The zero-order valence-corrected chi connectivity index (χ0v) is 8.92. The smallest absolute Gasteiger partial charge is 0.363 e. The number of hydrogen-bond donors (Lipinski definition) is 1. The Kier molecular flexibility index (Phi) is 3.98. The van der Waals surface area contributed by atoms with Gasteiger partial charge >= 0.3 is 11.7 Å². The van der Waals surface area contributed by atoms with Gasteiger partial charge in [0.25, 0.3) is 0 Å². The topological polar surface area (TPSA) is 98.3 Å². The number of carboxylic acids is 1. The van der Waals surface area contributed by atoms with Crippen LogP contribution in [-0.2, 0) is 6.54 Å². The summed E-state index contributed by atoms with van der Waals surface area (Å²) in [5.74, 6) is -1.37. The van der Waals surface area contributed by atoms with Crippen molar-refractivity contribution >= 4 is 11.7 Å². The van der Waals surface area contributed by atoms with Gasteiger partial charge in [0.05, 0.1) is 4.92 Å².